The molecule has 0 aliphatic rings. The molecular weight excluding hydrogens is 100 g/mol. The highest BCUT2D eigenvalue weighted by Gasteiger charge is 1.73. The molecule has 1 heteroatoms. The Balaban J connectivity index is 3.57. The lowest BCUT2D eigenvalue weighted by Gasteiger charge is -1.73. The average Bonchev–Trinajstić information content (AvgIpc) is 1.66. The van der Waals surface area contributed by atoms with Crippen LogP contribution in [0.4, 0.5) is 0 Å². The highest BCUT2D eigenvalue weighted by Crippen LogP contribution is 1.85. The van der Waals surface area contributed by atoms with E-state index >= 15 is 0 Å². The van der Waals surface area contributed by atoms with E-state index < -0.39 is 0 Å². The Morgan fingerprint density at radius 3 is 2.50 bits per heavy atom. The van der Waals surface area contributed by atoms with E-state index in [-0.39, 0.29) is 5.76 Å². The monoisotopic (exact) mass is 109 g/mol. The van der Waals surface area contributed by atoms with Crippen molar-refractivity contribution in [3.63, 3.8) is 0 Å². The van der Waals surface area contributed by atoms with E-state index in [0.717, 1.165) is 0 Å². The fourth-order valence-electron chi connectivity index (χ4n) is 0.270. The van der Waals surface area contributed by atoms with Crippen molar-refractivity contribution in [3.8, 4) is 0 Å². The molecule has 1 nitrogen and oxygen atoms in total. The number of hydrogen-bond acceptors (Lipinski definition) is 0. The van der Waals surface area contributed by atoms with Gasteiger partial charge in [0.1, 0.15) is 0 Å². The van der Waals surface area contributed by atoms with Gasteiger partial charge in [0.25, 0.3) is 0 Å². The molecule has 0 saturated carbocycles. The molecule has 8 heavy (non-hydrogen) atoms. The zero-order valence-corrected chi connectivity index (χ0v) is 4.92. The zero-order chi connectivity index (χ0) is 6.41. The van der Waals surface area contributed by atoms with Gasteiger partial charge in [0, 0.05) is 0 Å². The maximum atomic E-state index is 10.2. The summed E-state index contributed by atoms with van der Waals surface area (Å²) in [6.07, 6.45) is 6.48. The fraction of sp³-hybridized carbons (Fsp3) is 0.143. The fourth-order valence-corrected chi connectivity index (χ4v) is 0.270. The van der Waals surface area contributed by atoms with Crippen LogP contribution in [0, 0.1) is 0 Å². The molecule has 0 amide bonds. The molecule has 0 saturated heterocycles. The number of hydrogen-bond donors (Lipinski definition) is 0. The summed E-state index contributed by atoms with van der Waals surface area (Å²) in [5, 5.41) is 10.2. The highest BCUT2D eigenvalue weighted by molar-refractivity contribution is 5.10. The second-order valence-corrected chi connectivity index (χ2v) is 1.40. The summed E-state index contributed by atoms with van der Waals surface area (Å²) in [4.78, 5) is 0. The maximum Gasteiger partial charge on any atom is 0.152 e. The van der Waals surface area contributed by atoms with Gasteiger partial charge in [-0.05, 0) is 13.0 Å². The van der Waals surface area contributed by atoms with Gasteiger partial charge in [0.15, 0.2) is 5.76 Å². The van der Waals surface area contributed by atoms with E-state index in [1.165, 1.54) is 13.0 Å². The third-order valence-corrected chi connectivity index (χ3v) is 0.578. The first-order valence-corrected chi connectivity index (χ1v) is 2.40. The minimum atomic E-state index is 0.0584. The van der Waals surface area contributed by atoms with Crippen molar-refractivity contribution in [1.82, 2.24) is 0 Å². The van der Waals surface area contributed by atoms with Gasteiger partial charge in [-0.2, -0.15) is 0 Å². The molecule has 0 bridgehead atoms. The Morgan fingerprint density at radius 2 is 2.12 bits per heavy atom. The molecule has 0 spiro atoms. The van der Waals surface area contributed by atoms with Crippen LogP contribution in [0.1, 0.15) is 6.92 Å². The lowest BCUT2D eigenvalue weighted by Crippen LogP contribution is -1.60. The second kappa shape index (κ2) is 4.19. The van der Waals surface area contributed by atoms with Crippen LogP contribution in [-0.2, 0) is 5.11 Å². The Morgan fingerprint density at radius 1 is 1.50 bits per heavy atom. The van der Waals surface area contributed by atoms with Crippen LogP contribution in [0.25, 0.3) is 0 Å². The molecule has 0 fully saturated rings. The van der Waals surface area contributed by atoms with Crippen LogP contribution in [0.2, 0.25) is 0 Å². The molecule has 0 atom stereocenters. The summed E-state index contributed by atoms with van der Waals surface area (Å²) in [6.45, 7) is 4.95. The first-order chi connectivity index (χ1) is 3.77. The Labute approximate surface area is 49.7 Å². The second-order valence-electron chi connectivity index (χ2n) is 1.40. The van der Waals surface area contributed by atoms with Gasteiger partial charge in [0.2, 0.25) is 0 Å². The quantitative estimate of drug-likeness (QED) is 0.382. The molecule has 0 unspecified atom stereocenters. The van der Waals surface area contributed by atoms with E-state index in [9.17, 15) is 5.11 Å². The van der Waals surface area contributed by atoms with Crippen LogP contribution in [0.15, 0.2) is 36.6 Å². The Bertz CT molecular complexity index is 116. The predicted molar refractivity (Wildman–Crippen MR) is 33.8 cm³/mol. The molecule has 43 valence electrons. The predicted octanol–water partition coefficient (Wildman–Crippen LogP) is 2.06. The first kappa shape index (κ1) is 7.02. The minimum Gasteiger partial charge on any atom is -0.295 e. The van der Waals surface area contributed by atoms with Crippen LogP contribution >= 0.6 is 0 Å². The van der Waals surface area contributed by atoms with Gasteiger partial charge in [0.05, 0.1) is 0 Å². The molecule has 0 aromatic heterocycles. The molecule has 0 aromatic rings. The van der Waals surface area contributed by atoms with Crippen LogP contribution in [0.3, 0.4) is 0 Å². The van der Waals surface area contributed by atoms with E-state index in [2.05, 4.69) is 6.58 Å². The molecular formula is C7H9O. The van der Waals surface area contributed by atoms with Crippen LogP contribution < -0.4 is 0 Å². The van der Waals surface area contributed by atoms with E-state index in [1.807, 2.05) is 0 Å². The maximum absolute atomic E-state index is 10.2. The van der Waals surface area contributed by atoms with E-state index in [4.69, 9.17) is 0 Å². The van der Waals surface area contributed by atoms with E-state index in [0.29, 0.717) is 0 Å². The molecule has 0 aliphatic carbocycles. The summed E-state index contributed by atoms with van der Waals surface area (Å²) >= 11 is 0. The minimum absolute atomic E-state index is 0.0584. The number of allylic oxidation sites excluding steroid dienone is 5. The first-order valence-electron chi connectivity index (χ1n) is 2.40. The standard InChI is InChI=1S/C7H9O/c1-3-4-5-6-7(2)8/h3-6H,1H2,2H3/b5-4+,7-6+. The summed E-state index contributed by atoms with van der Waals surface area (Å²) < 4.78 is 0. The third kappa shape index (κ3) is 5.02. The van der Waals surface area contributed by atoms with Crippen molar-refractivity contribution in [2.24, 2.45) is 0 Å². The highest BCUT2D eigenvalue weighted by atomic mass is 16.3. The molecule has 0 aliphatic heterocycles. The van der Waals surface area contributed by atoms with Gasteiger partial charge in [-0.1, -0.05) is 24.8 Å². The topological polar surface area (TPSA) is 19.9 Å². The van der Waals surface area contributed by atoms with Gasteiger partial charge < -0.3 is 0 Å². The normalized spacial score (nSPS) is 12.4. The number of rotatable bonds is 2. The average molecular weight is 109 g/mol. The molecule has 0 rings (SSSR count). The largest absolute Gasteiger partial charge is 0.295 e. The van der Waals surface area contributed by atoms with Gasteiger partial charge in [-0.15, -0.1) is 0 Å². The zero-order valence-electron chi connectivity index (χ0n) is 4.92. The molecule has 1 radical (unpaired) electrons. The molecule has 0 aromatic carbocycles. The summed E-state index contributed by atoms with van der Waals surface area (Å²) in [6, 6.07) is 0. The van der Waals surface area contributed by atoms with Crippen molar-refractivity contribution < 1.29 is 5.11 Å². The molecule has 0 N–H and O–H groups in total. The van der Waals surface area contributed by atoms with Crippen molar-refractivity contribution in [2.45, 2.75) is 6.92 Å². The smallest absolute Gasteiger partial charge is 0.152 e. The van der Waals surface area contributed by atoms with Crippen molar-refractivity contribution >= 4 is 0 Å². The SMILES string of the molecule is C=C/C=C/C=C(\C)[O]. The van der Waals surface area contributed by atoms with Crippen molar-refractivity contribution in [2.75, 3.05) is 0 Å². The Hall–Kier alpha value is -0.980. The van der Waals surface area contributed by atoms with Gasteiger partial charge in [-0.3, -0.25) is 5.11 Å². The summed E-state index contributed by atoms with van der Waals surface area (Å²) in [7, 11) is 0. The lowest BCUT2D eigenvalue weighted by molar-refractivity contribution is 0.300. The van der Waals surface area contributed by atoms with E-state index in [1.54, 1.807) is 18.2 Å². The molecule has 0 heterocycles. The van der Waals surface area contributed by atoms with Crippen molar-refractivity contribution in [3.05, 3.63) is 36.6 Å². The third-order valence-electron chi connectivity index (χ3n) is 0.578. The van der Waals surface area contributed by atoms with Gasteiger partial charge in [-0.25, -0.2) is 0 Å². The van der Waals surface area contributed by atoms with Crippen molar-refractivity contribution in [1.29, 1.82) is 0 Å². The summed E-state index contributed by atoms with van der Waals surface area (Å²) in [5.41, 5.74) is 0. The van der Waals surface area contributed by atoms with Gasteiger partial charge >= 0.3 is 0 Å². The summed E-state index contributed by atoms with van der Waals surface area (Å²) in [5.74, 6) is 0.0584. The Kier molecular flexibility index (Phi) is 3.67. The van der Waals surface area contributed by atoms with Crippen LogP contribution in [-0.4, -0.2) is 0 Å². The lowest BCUT2D eigenvalue weighted by atomic mass is 10.4. The van der Waals surface area contributed by atoms with Crippen LogP contribution in [0.5, 0.6) is 0 Å².